The third-order valence-electron chi connectivity index (χ3n) is 8.68. The number of esters is 1. The van der Waals surface area contributed by atoms with Crippen LogP contribution in [0.5, 0.6) is 0 Å². The van der Waals surface area contributed by atoms with Crippen LogP contribution in [0.15, 0.2) is 23.8 Å². The van der Waals surface area contributed by atoms with Crippen molar-refractivity contribution >= 4 is 28.6 Å². The molecule has 0 amide bonds. The standard InChI is InChI=1S/C23H25F3O5S/c1-11-6-14-15-8-17(25)16-7-13(28)4-5-20(16,3)22(15,26)18(30-12(2)27)9-21(14)23(11,31-21)19(29)32-10-24/h4-5,7,11,14-15,17-18H,6,8-10H2,1-3H3/t11-,14+,15+,17+,18+,20+,21-,22+,23+/m1/s1. The molecular weight excluding hydrogens is 445 g/mol. The molecule has 0 aromatic carbocycles. The maximum Gasteiger partial charge on any atom is 0.303 e. The van der Waals surface area contributed by atoms with E-state index in [2.05, 4.69) is 0 Å². The summed E-state index contributed by atoms with van der Waals surface area (Å²) in [6.45, 7) is 4.52. The van der Waals surface area contributed by atoms with Gasteiger partial charge in [0.15, 0.2) is 17.1 Å². The van der Waals surface area contributed by atoms with E-state index in [1.54, 1.807) is 6.92 Å². The van der Waals surface area contributed by atoms with Gasteiger partial charge < -0.3 is 9.47 Å². The molecule has 0 N–H and O–H groups in total. The first-order valence-electron chi connectivity index (χ1n) is 10.9. The zero-order chi connectivity index (χ0) is 23.3. The fraction of sp³-hybridized carbons (Fsp3) is 0.696. The number of alkyl halides is 3. The van der Waals surface area contributed by atoms with Crippen molar-refractivity contribution in [3.8, 4) is 0 Å². The second-order valence-electron chi connectivity index (χ2n) is 9.93. The molecule has 1 saturated heterocycles. The number of carbonyl (C=O) groups excluding carboxylic acids is 3. The van der Waals surface area contributed by atoms with Gasteiger partial charge in [-0.15, -0.1) is 0 Å². The van der Waals surface area contributed by atoms with Crippen LogP contribution in [-0.2, 0) is 23.9 Å². The molecule has 5 rings (SSSR count). The molecule has 3 saturated carbocycles. The van der Waals surface area contributed by atoms with E-state index < -0.39 is 69.3 Å². The number of hydrogen-bond acceptors (Lipinski definition) is 6. The Morgan fingerprint density at radius 2 is 2.03 bits per heavy atom. The van der Waals surface area contributed by atoms with E-state index in [4.69, 9.17) is 9.47 Å². The quantitative estimate of drug-likeness (QED) is 0.461. The van der Waals surface area contributed by atoms with Crippen LogP contribution < -0.4 is 0 Å². The van der Waals surface area contributed by atoms with Gasteiger partial charge >= 0.3 is 5.97 Å². The molecule has 5 aliphatic rings. The van der Waals surface area contributed by atoms with Gasteiger partial charge in [0.1, 0.15) is 23.9 Å². The second-order valence-corrected chi connectivity index (χ2v) is 10.8. The molecule has 1 heterocycles. The predicted molar refractivity (Wildman–Crippen MR) is 110 cm³/mol. The monoisotopic (exact) mass is 470 g/mol. The highest BCUT2D eigenvalue weighted by Crippen LogP contribution is 2.77. The van der Waals surface area contributed by atoms with Gasteiger partial charge in [0.05, 0.1) is 0 Å². The number of thioether (sulfide) groups is 1. The van der Waals surface area contributed by atoms with Gasteiger partial charge in [-0.3, -0.25) is 14.4 Å². The Morgan fingerprint density at radius 3 is 2.69 bits per heavy atom. The van der Waals surface area contributed by atoms with E-state index in [0.29, 0.717) is 18.2 Å². The predicted octanol–water partition coefficient (Wildman–Crippen LogP) is 3.81. The summed E-state index contributed by atoms with van der Waals surface area (Å²) in [4.78, 5) is 36.8. The number of halogens is 3. The van der Waals surface area contributed by atoms with Crippen LogP contribution >= 0.6 is 11.8 Å². The first kappa shape index (κ1) is 22.2. The molecule has 4 aliphatic carbocycles. The van der Waals surface area contributed by atoms with Gasteiger partial charge in [-0.1, -0.05) is 24.8 Å². The third-order valence-corrected chi connectivity index (χ3v) is 9.36. The highest BCUT2D eigenvalue weighted by atomic mass is 32.2. The summed E-state index contributed by atoms with van der Waals surface area (Å²) in [5.41, 5.74) is -6.04. The molecule has 1 aliphatic heterocycles. The SMILES string of the molecule is CC(=O)O[C@H]1C[C@]23O[C@]2(C(=O)SCF)[C@H](C)C[C@H]3[C@@H]2C[C@H](F)C3=CC(=O)C=C[C@]3(C)[C@@]12F. The van der Waals surface area contributed by atoms with Crippen molar-refractivity contribution < 1.29 is 37.0 Å². The van der Waals surface area contributed by atoms with Crippen molar-refractivity contribution in [3.63, 3.8) is 0 Å². The van der Waals surface area contributed by atoms with E-state index >= 15 is 8.78 Å². The first-order chi connectivity index (χ1) is 15.0. The summed E-state index contributed by atoms with van der Waals surface area (Å²) < 4.78 is 57.5. The van der Waals surface area contributed by atoms with Crippen molar-refractivity contribution in [2.75, 3.05) is 6.01 Å². The van der Waals surface area contributed by atoms with Gasteiger partial charge in [0.25, 0.3) is 0 Å². The first-order valence-corrected chi connectivity index (χ1v) is 11.9. The van der Waals surface area contributed by atoms with E-state index in [1.807, 2.05) is 6.92 Å². The Kier molecular flexibility index (Phi) is 4.66. The Bertz CT molecular complexity index is 983. The number of ketones is 1. The molecule has 4 fully saturated rings. The smallest absolute Gasteiger partial charge is 0.303 e. The molecule has 0 aromatic rings. The van der Waals surface area contributed by atoms with Crippen LogP contribution in [0, 0.1) is 23.2 Å². The lowest BCUT2D eigenvalue weighted by Crippen LogP contribution is -2.69. The molecule has 9 heteroatoms. The highest BCUT2D eigenvalue weighted by Gasteiger charge is 2.89. The van der Waals surface area contributed by atoms with Crippen molar-refractivity contribution in [1.82, 2.24) is 0 Å². The molecule has 32 heavy (non-hydrogen) atoms. The van der Waals surface area contributed by atoms with Gasteiger partial charge in [0, 0.05) is 24.7 Å². The lowest BCUT2D eigenvalue weighted by Gasteiger charge is -2.60. The minimum Gasteiger partial charge on any atom is -0.459 e. The fourth-order valence-electron chi connectivity index (χ4n) is 7.42. The van der Waals surface area contributed by atoms with E-state index in [9.17, 15) is 18.8 Å². The largest absolute Gasteiger partial charge is 0.459 e. The number of carbonyl (C=O) groups is 3. The van der Waals surface area contributed by atoms with Crippen LogP contribution in [0.4, 0.5) is 13.2 Å². The number of allylic oxidation sites excluding steroid dienone is 4. The van der Waals surface area contributed by atoms with E-state index in [0.717, 1.165) is 6.08 Å². The minimum atomic E-state index is -2.20. The molecule has 5 nitrogen and oxygen atoms in total. The van der Waals surface area contributed by atoms with Crippen molar-refractivity contribution in [2.45, 2.75) is 69.2 Å². The van der Waals surface area contributed by atoms with Gasteiger partial charge in [0.2, 0.25) is 5.12 Å². The molecule has 1 spiro atoms. The summed E-state index contributed by atoms with van der Waals surface area (Å²) in [5.74, 6) is -2.83. The van der Waals surface area contributed by atoms with Crippen LogP contribution in [0.1, 0.15) is 40.0 Å². The molecule has 0 aromatic heterocycles. The number of rotatable bonds is 3. The number of hydrogen-bond donors (Lipinski definition) is 0. The average molecular weight is 471 g/mol. The van der Waals surface area contributed by atoms with Gasteiger partial charge in [-0.05, 0) is 49.3 Å². The van der Waals surface area contributed by atoms with Crippen LogP contribution in [-0.4, -0.2) is 52.0 Å². The summed E-state index contributed by atoms with van der Waals surface area (Å²) in [5, 5.41) is -0.453. The van der Waals surface area contributed by atoms with Crippen LogP contribution in [0.25, 0.3) is 0 Å². The molecular formula is C23H25F3O5S. The third kappa shape index (κ3) is 2.39. The highest BCUT2D eigenvalue weighted by molar-refractivity contribution is 8.13. The fourth-order valence-corrected chi connectivity index (χ4v) is 8.15. The zero-order valence-electron chi connectivity index (χ0n) is 18.0. The molecule has 0 radical (unpaired) electrons. The lowest BCUT2D eigenvalue weighted by molar-refractivity contribution is -0.206. The zero-order valence-corrected chi connectivity index (χ0v) is 18.8. The Labute approximate surface area is 188 Å². The minimum absolute atomic E-state index is 0.0509. The summed E-state index contributed by atoms with van der Waals surface area (Å²) in [6.07, 6.45) is 1.04. The topological polar surface area (TPSA) is 73.0 Å². The van der Waals surface area contributed by atoms with Crippen molar-refractivity contribution in [3.05, 3.63) is 23.8 Å². The molecule has 9 atom stereocenters. The summed E-state index contributed by atoms with van der Waals surface area (Å²) >= 11 is 0.521. The Balaban J connectivity index is 1.65. The van der Waals surface area contributed by atoms with E-state index in [-0.39, 0.29) is 24.3 Å². The van der Waals surface area contributed by atoms with Crippen molar-refractivity contribution in [2.24, 2.45) is 23.2 Å². The number of ether oxygens (including phenoxy) is 2. The maximum atomic E-state index is 17.4. The maximum absolute atomic E-state index is 17.4. The molecule has 0 unspecified atom stereocenters. The van der Waals surface area contributed by atoms with Crippen LogP contribution in [0.3, 0.4) is 0 Å². The van der Waals surface area contributed by atoms with Gasteiger partial charge in [-0.2, -0.15) is 0 Å². The number of epoxide rings is 1. The summed E-state index contributed by atoms with van der Waals surface area (Å²) in [6, 6.07) is -0.904. The Hall–Kier alpha value is -1.61. The van der Waals surface area contributed by atoms with Gasteiger partial charge in [-0.25, -0.2) is 13.2 Å². The Morgan fingerprint density at radius 1 is 1.31 bits per heavy atom. The second kappa shape index (κ2) is 6.72. The normalized spacial score (nSPS) is 50.5. The number of fused-ring (bicyclic) bond motifs is 4. The van der Waals surface area contributed by atoms with Crippen molar-refractivity contribution in [1.29, 1.82) is 0 Å². The van der Waals surface area contributed by atoms with E-state index in [1.165, 1.54) is 19.1 Å². The summed E-state index contributed by atoms with van der Waals surface area (Å²) in [7, 11) is 0. The van der Waals surface area contributed by atoms with Crippen LogP contribution in [0.2, 0.25) is 0 Å². The molecule has 0 bridgehead atoms. The lowest BCUT2D eigenvalue weighted by atomic mass is 9.47. The average Bonchev–Trinajstić information content (AvgIpc) is 3.32. The molecule has 174 valence electrons.